The van der Waals surface area contributed by atoms with E-state index in [4.69, 9.17) is 9.52 Å². The van der Waals surface area contributed by atoms with Gasteiger partial charge in [-0.25, -0.2) is 4.39 Å². The second-order valence-corrected chi connectivity index (χ2v) is 3.36. The zero-order chi connectivity index (χ0) is 11.0. The lowest BCUT2D eigenvalue weighted by Gasteiger charge is -2.08. The molecule has 0 spiro atoms. The summed E-state index contributed by atoms with van der Waals surface area (Å²) in [7, 11) is 0. The van der Waals surface area contributed by atoms with E-state index in [1.54, 1.807) is 12.1 Å². The molecule has 2 rings (SSSR count). The van der Waals surface area contributed by atoms with E-state index in [-0.39, 0.29) is 5.56 Å². The molecule has 1 unspecified atom stereocenters. The van der Waals surface area contributed by atoms with E-state index in [0.717, 1.165) is 0 Å². The molecule has 0 saturated carbocycles. The minimum absolute atomic E-state index is 0.102. The first-order chi connectivity index (χ1) is 7.11. The SMILES string of the molecule is CC(C(=O)O)c1c(F)ccc2ccoc12. The number of hydrogen-bond donors (Lipinski definition) is 1. The normalized spacial score (nSPS) is 12.9. The first kappa shape index (κ1) is 9.71. The quantitative estimate of drug-likeness (QED) is 0.825. The molecule has 78 valence electrons. The van der Waals surface area contributed by atoms with Crippen LogP contribution >= 0.6 is 0 Å². The number of carboxylic acid groups (broad SMARTS) is 1. The molecule has 0 amide bonds. The van der Waals surface area contributed by atoms with Gasteiger partial charge in [-0.05, 0) is 25.1 Å². The van der Waals surface area contributed by atoms with Gasteiger partial charge in [0.1, 0.15) is 11.4 Å². The Kier molecular flexibility index (Phi) is 2.19. The highest BCUT2D eigenvalue weighted by Gasteiger charge is 2.22. The molecule has 0 fully saturated rings. The fourth-order valence-electron chi connectivity index (χ4n) is 1.56. The number of fused-ring (bicyclic) bond motifs is 1. The topological polar surface area (TPSA) is 50.4 Å². The van der Waals surface area contributed by atoms with Gasteiger partial charge in [-0.3, -0.25) is 4.79 Å². The van der Waals surface area contributed by atoms with Crippen molar-refractivity contribution in [1.29, 1.82) is 0 Å². The molecule has 4 heteroatoms. The number of carbonyl (C=O) groups is 1. The van der Waals surface area contributed by atoms with Crippen molar-refractivity contribution >= 4 is 16.9 Å². The van der Waals surface area contributed by atoms with Crippen LogP contribution in [0.1, 0.15) is 18.4 Å². The predicted molar refractivity (Wildman–Crippen MR) is 52.2 cm³/mol. The molecule has 0 saturated heterocycles. The summed E-state index contributed by atoms with van der Waals surface area (Å²) < 4.78 is 18.6. The molecule has 2 aromatic rings. The maximum Gasteiger partial charge on any atom is 0.310 e. The minimum atomic E-state index is -1.07. The summed E-state index contributed by atoms with van der Waals surface area (Å²) in [6.07, 6.45) is 1.42. The van der Waals surface area contributed by atoms with Gasteiger partial charge in [0.2, 0.25) is 0 Å². The van der Waals surface area contributed by atoms with E-state index < -0.39 is 17.7 Å². The zero-order valence-corrected chi connectivity index (χ0v) is 8.03. The molecule has 0 aliphatic rings. The van der Waals surface area contributed by atoms with E-state index in [2.05, 4.69) is 0 Å². The standard InChI is InChI=1S/C11H9FO3/c1-6(11(13)14)9-8(12)3-2-7-4-5-15-10(7)9/h2-6H,1H3,(H,13,14). The van der Waals surface area contributed by atoms with E-state index in [1.807, 2.05) is 0 Å². The highest BCUT2D eigenvalue weighted by molar-refractivity contribution is 5.87. The Morgan fingerprint density at radius 1 is 1.47 bits per heavy atom. The van der Waals surface area contributed by atoms with Crippen molar-refractivity contribution in [3.05, 3.63) is 35.8 Å². The highest BCUT2D eigenvalue weighted by atomic mass is 19.1. The molecule has 15 heavy (non-hydrogen) atoms. The Hall–Kier alpha value is -1.84. The minimum Gasteiger partial charge on any atom is -0.481 e. The van der Waals surface area contributed by atoms with Gasteiger partial charge < -0.3 is 9.52 Å². The van der Waals surface area contributed by atoms with E-state index >= 15 is 0 Å². The number of aliphatic carboxylic acids is 1. The Morgan fingerprint density at radius 2 is 2.20 bits per heavy atom. The molecular weight excluding hydrogens is 199 g/mol. The Labute approximate surface area is 85.1 Å². The van der Waals surface area contributed by atoms with Gasteiger partial charge in [0, 0.05) is 10.9 Å². The fourth-order valence-corrected chi connectivity index (χ4v) is 1.56. The zero-order valence-electron chi connectivity index (χ0n) is 8.03. The Morgan fingerprint density at radius 3 is 2.87 bits per heavy atom. The van der Waals surface area contributed by atoms with E-state index in [0.29, 0.717) is 11.0 Å². The number of carboxylic acids is 1. The molecule has 0 radical (unpaired) electrons. The van der Waals surface area contributed by atoms with Crippen LogP contribution in [-0.4, -0.2) is 11.1 Å². The van der Waals surface area contributed by atoms with Crippen LogP contribution in [0.3, 0.4) is 0 Å². The van der Waals surface area contributed by atoms with Crippen LogP contribution in [0.15, 0.2) is 28.9 Å². The molecule has 0 bridgehead atoms. The summed E-state index contributed by atoms with van der Waals surface area (Å²) in [6, 6.07) is 4.49. The van der Waals surface area contributed by atoms with Crippen molar-refractivity contribution in [2.24, 2.45) is 0 Å². The van der Waals surface area contributed by atoms with Crippen LogP contribution in [0.4, 0.5) is 4.39 Å². The summed E-state index contributed by atoms with van der Waals surface area (Å²) in [4.78, 5) is 10.8. The van der Waals surface area contributed by atoms with Crippen molar-refractivity contribution in [2.45, 2.75) is 12.8 Å². The average Bonchev–Trinajstić information content (AvgIpc) is 2.64. The van der Waals surface area contributed by atoms with Gasteiger partial charge in [0.05, 0.1) is 12.2 Å². The van der Waals surface area contributed by atoms with Crippen molar-refractivity contribution in [1.82, 2.24) is 0 Å². The molecule has 1 aromatic carbocycles. The van der Waals surface area contributed by atoms with E-state index in [1.165, 1.54) is 19.3 Å². The first-order valence-electron chi connectivity index (χ1n) is 4.49. The van der Waals surface area contributed by atoms with Crippen molar-refractivity contribution < 1.29 is 18.7 Å². The largest absolute Gasteiger partial charge is 0.481 e. The van der Waals surface area contributed by atoms with Crippen molar-refractivity contribution in [3.63, 3.8) is 0 Å². The van der Waals surface area contributed by atoms with Crippen LogP contribution in [0.25, 0.3) is 11.0 Å². The second kappa shape index (κ2) is 3.38. The molecule has 1 heterocycles. The fraction of sp³-hybridized carbons (Fsp3) is 0.182. The van der Waals surface area contributed by atoms with Gasteiger partial charge in [-0.15, -0.1) is 0 Å². The van der Waals surface area contributed by atoms with E-state index in [9.17, 15) is 9.18 Å². The monoisotopic (exact) mass is 208 g/mol. The van der Waals surface area contributed by atoms with Crippen molar-refractivity contribution in [3.8, 4) is 0 Å². The third-order valence-corrected chi connectivity index (χ3v) is 2.41. The first-order valence-corrected chi connectivity index (χ1v) is 4.49. The lowest BCUT2D eigenvalue weighted by molar-refractivity contribution is -0.138. The van der Waals surface area contributed by atoms with Crippen molar-refractivity contribution in [2.75, 3.05) is 0 Å². The number of hydrogen-bond acceptors (Lipinski definition) is 2. The third kappa shape index (κ3) is 1.48. The maximum absolute atomic E-state index is 13.5. The van der Waals surface area contributed by atoms with Gasteiger partial charge in [0.15, 0.2) is 0 Å². The van der Waals surface area contributed by atoms with Crippen LogP contribution in [-0.2, 0) is 4.79 Å². The predicted octanol–water partition coefficient (Wildman–Crippen LogP) is 2.76. The van der Waals surface area contributed by atoms with Gasteiger partial charge in [-0.2, -0.15) is 0 Å². The molecule has 0 aliphatic heterocycles. The average molecular weight is 208 g/mol. The summed E-state index contributed by atoms with van der Waals surface area (Å²) in [5, 5.41) is 9.56. The summed E-state index contributed by atoms with van der Waals surface area (Å²) in [6.45, 7) is 1.43. The molecule has 1 N–H and O–H groups in total. The van der Waals surface area contributed by atoms with Crippen LogP contribution in [0, 0.1) is 5.82 Å². The number of halogens is 1. The number of benzene rings is 1. The Balaban J connectivity index is 2.71. The van der Waals surface area contributed by atoms with Gasteiger partial charge in [-0.1, -0.05) is 0 Å². The van der Waals surface area contributed by atoms with Crippen LogP contribution in [0.5, 0.6) is 0 Å². The highest BCUT2D eigenvalue weighted by Crippen LogP contribution is 2.29. The lowest BCUT2D eigenvalue weighted by Crippen LogP contribution is -2.09. The van der Waals surface area contributed by atoms with Gasteiger partial charge >= 0.3 is 5.97 Å². The molecule has 1 aromatic heterocycles. The second-order valence-electron chi connectivity index (χ2n) is 3.36. The molecular formula is C11H9FO3. The Bertz CT molecular complexity index is 516. The van der Waals surface area contributed by atoms with Crippen LogP contribution < -0.4 is 0 Å². The number of furan rings is 1. The smallest absolute Gasteiger partial charge is 0.310 e. The lowest BCUT2D eigenvalue weighted by atomic mass is 9.99. The third-order valence-electron chi connectivity index (χ3n) is 2.41. The summed E-state index contributed by atoms with van der Waals surface area (Å²) in [5.41, 5.74) is 0.412. The molecule has 1 atom stereocenters. The molecule has 0 aliphatic carbocycles. The number of rotatable bonds is 2. The summed E-state index contributed by atoms with van der Waals surface area (Å²) >= 11 is 0. The maximum atomic E-state index is 13.5. The molecule has 3 nitrogen and oxygen atoms in total. The van der Waals surface area contributed by atoms with Crippen LogP contribution in [0.2, 0.25) is 0 Å². The van der Waals surface area contributed by atoms with Gasteiger partial charge in [0.25, 0.3) is 0 Å². The summed E-state index contributed by atoms with van der Waals surface area (Å²) in [5.74, 6) is -2.54.